The van der Waals surface area contributed by atoms with Gasteiger partial charge in [-0.1, -0.05) is 24.3 Å². The molecule has 0 fully saturated rings. The van der Waals surface area contributed by atoms with Crippen LogP contribution in [0.25, 0.3) is 0 Å². The third kappa shape index (κ3) is 5.38. The monoisotopic (exact) mass is 470 g/mol. The van der Waals surface area contributed by atoms with Gasteiger partial charge in [0.2, 0.25) is 5.91 Å². The number of rotatable bonds is 9. The first-order valence-corrected chi connectivity index (χ1v) is 11.5. The summed E-state index contributed by atoms with van der Waals surface area (Å²) in [4.78, 5) is 13.1. The van der Waals surface area contributed by atoms with Gasteiger partial charge < -0.3 is 19.5 Å². The van der Waals surface area contributed by atoms with Crippen LogP contribution in [0.15, 0.2) is 71.6 Å². The molecule has 1 amide bonds. The third-order valence-corrected chi connectivity index (χ3v) is 6.68. The Morgan fingerprint density at radius 2 is 1.55 bits per heavy atom. The predicted octanol–water partition coefficient (Wildman–Crippen LogP) is 3.85. The lowest BCUT2D eigenvalue weighted by Gasteiger charge is -2.26. The van der Waals surface area contributed by atoms with E-state index >= 15 is 0 Å². The molecule has 0 radical (unpaired) electrons. The lowest BCUT2D eigenvalue weighted by atomic mass is 10.2. The number of anilines is 2. The summed E-state index contributed by atoms with van der Waals surface area (Å²) in [6, 6.07) is 18.0. The third-order valence-electron chi connectivity index (χ3n) is 4.90. The van der Waals surface area contributed by atoms with Crippen molar-refractivity contribution in [3.05, 3.63) is 72.3 Å². The quantitative estimate of drug-likeness (QED) is 0.511. The van der Waals surface area contributed by atoms with E-state index in [4.69, 9.17) is 14.2 Å². The number of ether oxygens (including phenoxy) is 3. The fraction of sp³-hybridized carbons (Fsp3) is 0.208. The van der Waals surface area contributed by atoms with Crippen molar-refractivity contribution >= 4 is 27.3 Å². The smallest absolute Gasteiger partial charge is 0.264 e. The molecule has 0 spiro atoms. The van der Waals surface area contributed by atoms with Crippen molar-refractivity contribution in [1.82, 2.24) is 0 Å². The van der Waals surface area contributed by atoms with Crippen molar-refractivity contribution in [3.63, 3.8) is 0 Å². The maximum atomic E-state index is 13.6. The van der Waals surface area contributed by atoms with E-state index in [9.17, 15) is 13.2 Å². The largest absolute Gasteiger partial charge is 0.497 e. The maximum absolute atomic E-state index is 13.6. The van der Waals surface area contributed by atoms with Gasteiger partial charge in [0, 0.05) is 6.07 Å². The Morgan fingerprint density at radius 1 is 0.879 bits per heavy atom. The predicted molar refractivity (Wildman–Crippen MR) is 127 cm³/mol. The minimum Gasteiger partial charge on any atom is -0.497 e. The zero-order valence-corrected chi connectivity index (χ0v) is 19.7. The number of carbonyl (C=O) groups is 1. The molecule has 0 aliphatic carbocycles. The van der Waals surface area contributed by atoms with Gasteiger partial charge in [-0.25, -0.2) is 8.42 Å². The number of nitrogens with one attached hydrogen (secondary N) is 1. The number of sulfonamides is 1. The highest BCUT2D eigenvalue weighted by molar-refractivity contribution is 7.92. The SMILES string of the molecule is COc1ccc(OC)c(NC(=O)CN(c2cc(C)ccc2OC)S(=O)(=O)c2ccccc2)c1. The van der Waals surface area contributed by atoms with E-state index in [1.165, 1.54) is 33.5 Å². The van der Waals surface area contributed by atoms with Gasteiger partial charge in [-0.3, -0.25) is 9.10 Å². The Bertz CT molecular complexity index is 1230. The Morgan fingerprint density at radius 3 is 2.18 bits per heavy atom. The number of methoxy groups -OCH3 is 3. The average molecular weight is 471 g/mol. The van der Waals surface area contributed by atoms with Crippen LogP contribution >= 0.6 is 0 Å². The Balaban J connectivity index is 2.03. The van der Waals surface area contributed by atoms with Gasteiger partial charge in [-0.2, -0.15) is 0 Å². The average Bonchev–Trinajstić information content (AvgIpc) is 2.82. The van der Waals surface area contributed by atoms with E-state index in [0.29, 0.717) is 22.9 Å². The molecule has 174 valence electrons. The molecule has 8 nitrogen and oxygen atoms in total. The van der Waals surface area contributed by atoms with Gasteiger partial charge in [0.05, 0.1) is 37.6 Å². The van der Waals surface area contributed by atoms with Crippen LogP contribution in [0, 0.1) is 6.92 Å². The molecule has 0 saturated heterocycles. The van der Waals surface area contributed by atoms with Crippen LogP contribution in [0.4, 0.5) is 11.4 Å². The van der Waals surface area contributed by atoms with E-state index in [2.05, 4.69) is 5.32 Å². The van der Waals surface area contributed by atoms with Gasteiger partial charge in [-0.15, -0.1) is 0 Å². The molecule has 3 rings (SSSR count). The lowest BCUT2D eigenvalue weighted by molar-refractivity contribution is -0.114. The highest BCUT2D eigenvalue weighted by Gasteiger charge is 2.29. The molecule has 3 aromatic rings. The second-order valence-electron chi connectivity index (χ2n) is 7.11. The van der Waals surface area contributed by atoms with Crippen molar-refractivity contribution in [2.24, 2.45) is 0 Å². The van der Waals surface area contributed by atoms with Gasteiger partial charge in [0.25, 0.3) is 10.0 Å². The van der Waals surface area contributed by atoms with Crippen molar-refractivity contribution in [2.45, 2.75) is 11.8 Å². The molecular weight excluding hydrogens is 444 g/mol. The Labute approximate surface area is 193 Å². The van der Waals surface area contributed by atoms with E-state index in [-0.39, 0.29) is 10.6 Å². The van der Waals surface area contributed by atoms with Gasteiger partial charge in [-0.05, 0) is 48.9 Å². The molecule has 9 heteroatoms. The van der Waals surface area contributed by atoms with Crippen molar-refractivity contribution < 1.29 is 27.4 Å². The number of hydrogen-bond donors (Lipinski definition) is 1. The summed E-state index contributed by atoms with van der Waals surface area (Å²) in [6.45, 7) is 1.34. The minimum absolute atomic E-state index is 0.0559. The zero-order valence-electron chi connectivity index (χ0n) is 18.9. The highest BCUT2D eigenvalue weighted by Crippen LogP contribution is 2.34. The van der Waals surface area contributed by atoms with E-state index in [1.807, 2.05) is 6.92 Å². The molecule has 0 heterocycles. The second-order valence-corrected chi connectivity index (χ2v) is 8.98. The first-order chi connectivity index (χ1) is 15.8. The zero-order chi connectivity index (χ0) is 24.0. The topological polar surface area (TPSA) is 94.2 Å². The summed E-state index contributed by atoms with van der Waals surface area (Å²) in [5, 5.41) is 2.72. The normalized spacial score (nSPS) is 10.9. The molecule has 0 bridgehead atoms. The summed E-state index contributed by atoms with van der Waals surface area (Å²) in [7, 11) is 0.343. The van der Waals surface area contributed by atoms with Gasteiger partial charge in [0.15, 0.2) is 0 Å². The molecule has 1 N–H and O–H groups in total. The summed E-state index contributed by atoms with van der Waals surface area (Å²) in [6.07, 6.45) is 0. The van der Waals surface area contributed by atoms with Crippen molar-refractivity contribution in [2.75, 3.05) is 37.5 Å². The number of hydrogen-bond acceptors (Lipinski definition) is 6. The van der Waals surface area contributed by atoms with E-state index < -0.39 is 22.5 Å². The number of benzene rings is 3. The molecular formula is C24H26N2O6S. The molecule has 3 aromatic carbocycles. The summed E-state index contributed by atoms with van der Waals surface area (Å²) >= 11 is 0. The lowest BCUT2D eigenvalue weighted by Crippen LogP contribution is -2.38. The Hall–Kier alpha value is -3.72. The number of aryl methyl sites for hydroxylation is 1. The molecule has 0 aliphatic rings. The standard InChI is InChI=1S/C24H26N2O6S/c1-17-10-12-23(32-4)21(14-17)26(33(28,29)19-8-6-5-7-9-19)16-24(27)25-20-15-18(30-2)11-13-22(20)31-3/h5-15H,16H2,1-4H3,(H,25,27). The maximum Gasteiger partial charge on any atom is 0.264 e. The summed E-state index contributed by atoms with van der Waals surface area (Å²) < 4.78 is 44.1. The molecule has 0 aliphatic heterocycles. The summed E-state index contributed by atoms with van der Waals surface area (Å²) in [5.41, 5.74) is 1.43. The van der Waals surface area contributed by atoms with Gasteiger partial charge in [0.1, 0.15) is 23.8 Å². The van der Waals surface area contributed by atoms with Crippen LogP contribution in [0.1, 0.15) is 5.56 Å². The molecule has 0 aromatic heterocycles. The number of amides is 1. The second kappa shape index (κ2) is 10.3. The Kier molecular flexibility index (Phi) is 7.44. The fourth-order valence-corrected chi connectivity index (χ4v) is 4.69. The minimum atomic E-state index is -4.08. The fourth-order valence-electron chi connectivity index (χ4n) is 3.25. The van der Waals surface area contributed by atoms with Crippen LogP contribution in [0.5, 0.6) is 17.2 Å². The first-order valence-electron chi connectivity index (χ1n) is 10.0. The van der Waals surface area contributed by atoms with E-state index in [1.54, 1.807) is 54.6 Å². The molecule has 0 atom stereocenters. The van der Waals surface area contributed by atoms with Gasteiger partial charge >= 0.3 is 0 Å². The van der Waals surface area contributed by atoms with Crippen LogP contribution in [-0.2, 0) is 14.8 Å². The summed E-state index contributed by atoms with van der Waals surface area (Å²) in [5.74, 6) is 0.687. The highest BCUT2D eigenvalue weighted by atomic mass is 32.2. The number of carbonyl (C=O) groups excluding carboxylic acids is 1. The van der Waals surface area contributed by atoms with E-state index in [0.717, 1.165) is 9.87 Å². The van der Waals surface area contributed by atoms with Crippen LogP contribution in [-0.4, -0.2) is 42.2 Å². The van der Waals surface area contributed by atoms with Crippen LogP contribution in [0.3, 0.4) is 0 Å². The molecule has 0 saturated carbocycles. The molecule has 0 unspecified atom stereocenters. The molecule has 33 heavy (non-hydrogen) atoms. The van der Waals surface area contributed by atoms with Crippen LogP contribution < -0.4 is 23.8 Å². The first kappa shape index (κ1) is 23.9. The van der Waals surface area contributed by atoms with Crippen molar-refractivity contribution in [3.8, 4) is 17.2 Å². The van der Waals surface area contributed by atoms with Crippen molar-refractivity contribution in [1.29, 1.82) is 0 Å². The number of nitrogens with zero attached hydrogens (tertiary/aromatic N) is 1. The van der Waals surface area contributed by atoms with Crippen LogP contribution in [0.2, 0.25) is 0 Å².